The molecule has 0 aliphatic carbocycles. The van der Waals surface area contributed by atoms with Gasteiger partial charge in [-0.3, -0.25) is 9.78 Å². The molecular weight excluding hydrogens is 266 g/mol. The van der Waals surface area contributed by atoms with Crippen LogP contribution in [0.4, 0.5) is 11.6 Å². The average Bonchev–Trinajstić information content (AvgIpc) is 3.02. The van der Waals surface area contributed by atoms with Crippen molar-refractivity contribution in [2.75, 3.05) is 23.3 Å². The van der Waals surface area contributed by atoms with Gasteiger partial charge in [0.1, 0.15) is 0 Å². The Hall–Kier alpha value is -2.50. The van der Waals surface area contributed by atoms with Crippen LogP contribution < -0.4 is 10.2 Å². The minimum Gasteiger partial charge on any atom is -0.341 e. The molecule has 0 bridgehead atoms. The van der Waals surface area contributed by atoms with Gasteiger partial charge < -0.3 is 10.2 Å². The number of amides is 1. The van der Waals surface area contributed by atoms with E-state index in [0.717, 1.165) is 13.1 Å². The van der Waals surface area contributed by atoms with Crippen molar-refractivity contribution in [1.29, 1.82) is 0 Å². The summed E-state index contributed by atoms with van der Waals surface area (Å²) >= 11 is 0. The standard InChI is InChI=1S/C15H17N5O/c1-11-13(14(21)19-12-5-4-6-16-9-12)10-17-15(18-11)20-7-2-3-8-20/h4-6,9-10H,2-3,7-8H2,1H3,(H,19,21). The molecule has 0 aromatic carbocycles. The maximum absolute atomic E-state index is 12.2. The SMILES string of the molecule is Cc1nc(N2CCCC2)ncc1C(=O)Nc1cccnc1. The van der Waals surface area contributed by atoms with Gasteiger partial charge in [0.15, 0.2) is 0 Å². The van der Waals surface area contributed by atoms with Crippen molar-refractivity contribution in [3.8, 4) is 0 Å². The smallest absolute Gasteiger partial charge is 0.259 e. The molecule has 0 atom stereocenters. The maximum atomic E-state index is 12.2. The number of pyridine rings is 1. The van der Waals surface area contributed by atoms with Gasteiger partial charge in [-0.2, -0.15) is 0 Å². The predicted octanol–water partition coefficient (Wildman–Crippen LogP) is 2.03. The third-order valence-electron chi connectivity index (χ3n) is 3.52. The average molecular weight is 283 g/mol. The molecule has 0 saturated carbocycles. The molecule has 1 aliphatic heterocycles. The second-order valence-electron chi connectivity index (χ2n) is 5.06. The number of hydrogen-bond donors (Lipinski definition) is 1. The number of rotatable bonds is 3. The zero-order valence-electron chi connectivity index (χ0n) is 11.9. The molecule has 3 heterocycles. The molecule has 6 heteroatoms. The number of carbonyl (C=O) groups is 1. The zero-order chi connectivity index (χ0) is 14.7. The molecule has 1 saturated heterocycles. The normalized spacial score (nSPS) is 14.2. The summed E-state index contributed by atoms with van der Waals surface area (Å²) in [6.45, 7) is 3.81. The number of nitrogens with one attached hydrogen (secondary N) is 1. The highest BCUT2D eigenvalue weighted by Crippen LogP contribution is 2.17. The Morgan fingerprint density at radius 1 is 1.29 bits per heavy atom. The summed E-state index contributed by atoms with van der Waals surface area (Å²) in [5.41, 5.74) is 1.83. The van der Waals surface area contributed by atoms with E-state index in [1.54, 1.807) is 30.7 Å². The Kier molecular flexibility index (Phi) is 3.77. The number of hydrogen-bond acceptors (Lipinski definition) is 5. The van der Waals surface area contributed by atoms with Gasteiger partial charge in [0.2, 0.25) is 5.95 Å². The lowest BCUT2D eigenvalue weighted by atomic mass is 10.2. The van der Waals surface area contributed by atoms with E-state index in [0.29, 0.717) is 22.9 Å². The van der Waals surface area contributed by atoms with Crippen LogP contribution in [-0.2, 0) is 0 Å². The van der Waals surface area contributed by atoms with Crippen LogP contribution in [0.3, 0.4) is 0 Å². The van der Waals surface area contributed by atoms with Crippen LogP contribution in [-0.4, -0.2) is 33.9 Å². The molecular formula is C15H17N5O. The van der Waals surface area contributed by atoms with Crippen molar-refractivity contribution < 1.29 is 4.79 Å². The second-order valence-corrected chi connectivity index (χ2v) is 5.06. The first kappa shape index (κ1) is 13.5. The largest absolute Gasteiger partial charge is 0.341 e. The van der Waals surface area contributed by atoms with E-state index in [1.807, 2.05) is 6.92 Å². The van der Waals surface area contributed by atoms with E-state index in [-0.39, 0.29) is 5.91 Å². The van der Waals surface area contributed by atoms with Crippen molar-refractivity contribution in [2.24, 2.45) is 0 Å². The van der Waals surface area contributed by atoms with E-state index < -0.39 is 0 Å². The van der Waals surface area contributed by atoms with Crippen molar-refractivity contribution >= 4 is 17.5 Å². The Bertz CT molecular complexity index is 638. The number of aryl methyl sites for hydroxylation is 1. The molecule has 6 nitrogen and oxygen atoms in total. The van der Waals surface area contributed by atoms with Crippen LogP contribution >= 0.6 is 0 Å². The monoisotopic (exact) mass is 283 g/mol. The molecule has 0 radical (unpaired) electrons. The summed E-state index contributed by atoms with van der Waals surface area (Å²) in [4.78, 5) is 27.1. The molecule has 108 valence electrons. The third kappa shape index (κ3) is 2.99. The number of nitrogens with zero attached hydrogens (tertiary/aromatic N) is 4. The molecule has 0 unspecified atom stereocenters. The van der Waals surface area contributed by atoms with Crippen molar-refractivity contribution in [2.45, 2.75) is 19.8 Å². The van der Waals surface area contributed by atoms with Crippen molar-refractivity contribution in [3.05, 3.63) is 42.0 Å². The van der Waals surface area contributed by atoms with Gasteiger partial charge in [-0.1, -0.05) is 0 Å². The van der Waals surface area contributed by atoms with Crippen LogP contribution in [0.2, 0.25) is 0 Å². The lowest BCUT2D eigenvalue weighted by Gasteiger charge is -2.16. The summed E-state index contributed by atoms with van der Waals surface area (Å²) in [6, 6.07) is 3.56. The van der Waals surface area contributed by atoms with Gasteiger partial charge in [0.25, 0.3) is 5.91 Å². The quantitative estimate of drug-likeness (QED) is 0.933. The molecule has 2 aromatic heterocycles. The van der Waals surface area contributed by atoms with Crippen LogP contribution in [0.15, 0.2) is 30.7 Å². The highest BCUT2D eigenvalue weighted by Gasteiger charge is 2.17. The van der Waals surface area contributed by atoms with Crippen molar-refractivity contribution in [1.82, 2.24) is 15.0 Å². The fraction of sp³-hybridized carbons (Fsp3) is 0.333. The molecule has 1 fully saturated rings. The number of carbonyl (C=O) groups excluding carboxylic acids is 1. The summed E-state index contributed by atoms with van der Waals surface area (Å²) in [5.74, 6) is 0.497. The Labute approximate surface area is 123 Å². The molecule has 2 aromatic rings. The Balaban J connectivity index is 1.77. The molecule has 0 spiro atoms. The summed E-state index contributed by atoms with van der Waals surface area (Å²) in [5, 5.41) is 2.79. The van der Waals surface area contributed by atoms with Crippen LogP contribution in [0.1, 0.15) is 28.9 Å². The predicted molar refractivity (Wildman–Crippen MR) is 80.4 cm³/mol. The first-order chi connectivity index (χ1) is 10.2. The zero-order valence-corrected chi connectivity index (χ0v) is 11.9. The first-order valence-electron chi connectivity index (χ1n) is 7.04. The minimum absolute atomic E-state index is 0.214. The van der Waals surface area contributed by atoms with E-state index in [2.05, 4.69) is 25.2 Å². The van der Waals surface area contributed by atoms with E-state index in [9.17, 15) is 4.79 Å². The summed E-state index contributed by atoms with van der Waals surface area (Å²) < 4.78 is 0. The molecule has 1 N–H and O–H groups in total. The van der Waals surface area contributed by atoms with E-state index >= 15 is 0 Å². The van der Waals surface area contributed by atoms with Crippen LogP contribution in [0.5, 0.6) is 0 Å². The van der Waals surface area contributed by atoms with Crippen LogP contribution in [0.25, 0.3) is 0 Å². The summed E-state index contributed by atoms with van der Waals surface area (Å²) in [7, 11) is 0. The highest BCUT2D eigenvalue weighted by atomic mass is 16.1. The molecule has 21 heavy (non-hydrogen) atoms. The molecule has 1 aliphatic rings. The van der Waals surface area contributed by atoms with Gasteiger partial charge in [-0.05, 0) is 31.9 Å². The van der Waals surface area contributed by atoms with Gasteiger partial charge in [-0.15, -0.1) is 0 Å². The Morgan fingerprint density at radius 3 is 2.76 bits per heavy atom. The van der Waals surface area contributed by atoms with Gasteiger partial charge in [0.05, 0.1) is 23.1 Å². The third-order valence-corrected chi connectivity index (χ3v) is 3.52. The highest BCUT2D eigenvalue weighted by molar-refractivity contribution is 6.04. The van der Waals surface area contributed by atoms with E-state index in [4.69, 9.17) is 0 Å². The minimum atomic E-state index is -0.214. The fourth-order valence-corrected chi connectivity index (χ4v) is 2.38. The topological polar surface area (TPSA) is 71.0 Å². The fourth-order valence-electron chi connectivity index (χ4n) is 2.38. The number of anilines is 2. The number of aromatic nitrogens is 3. The second kappa shape index (κ2) is 5.87. The molecule has 3 rings (SSSR count). The lowest BCUT2D eigenvalue weighted by Crippen LogP contribution is -2.22. The first-order valence-corrected chi connectivity index (χ1v) is 7.04. The van der Waals surface area contributed by atoms with Gasteiger partial charge in [0, 0.05) is 25.5 Å². The van der Waals surface area contributed by atoms with Crippen molar-refractivity contribution in [3.63, 3.8) is 0 Å². The maximum Gasteiger partial charge on any atom is 0.259 e. The van der Waals surface area contributed by atoms with E-state index in [1.165, 1.54) is 12.8 Å². The lowest BCUT2D eigenvalue weighted by molar-refractivity contribution is 0.102. The molecule has 1 amide bonds. The Morgan fingerprint density at radius 2 is 2.10 bits per heavy atom. The van der Waals surface area contributed by atoms with Gasteiger partial charge >= 0.3 is 0 Å². The van der Waals surface area contributed by atoms with Gasteiger partial charge in [-0.25, -0.2) is 9.97 Å². The van der Waals surface area contributed by atoms with Crippen LogP contribution in [0, 0.1) is 6.92 Å². The summed E-state index contributed by atoms with van der Waals surface area (Å²) in [6.07, 6.45) is 7.21.